The van der Waals surface area contributed by atoms with Gasteiger partial charge in [-0.05, 0) is 36.4 Å². The Labute approximate surface area is 186 Å². The van der Waals surface area contributed by atoms with Crippen LogP contribution in [-0.4, -0.2) is 25.7 Å². The average Bonchev–Trinajstić information content (AvgIpc) is 3.12. The number of carboxylic acid groups (broad SMARTS) is 1. The Morgan fingerprint density at radius 1 is 1.09 bits per heavy atom. The van der Waals surface area contributed by atoms with Crippen LogP contribution in [0.2, 0.25) is 5.02 Å². The molecule has 9 heteroatoms. The van der Waals surface area contributed by atoms with Crippen LogP contribution in [0, 0.1) is 11.6 Å². The average molecular weight is 459 g/mol. The van der Waals surface area contributed by atoms with Crippen molar-refractivity contribution in [3.63, 3.8) is 0 Å². The molecule has 6 nitrogen and oxygen atoms in total. The van der Waals surface area contributed by atoms with E-state index >= 15 is 0 Å². The summed E-state index contributed by atoms with van der Waals surface area (Å²) in [6.07, 6.45) is 3.00. The minimum atomic E-state index is -1.13. The molecular weight excluding hydrogens is 442 g/mol. The number of aromatic carboxylic acids is 1. The maximum absolute atomic E-state index is 14.0. The highest BCUT2D eigenvalue weighted by molar-refractivity contribution is 6.30. The van der Waals surface area contributed by atoms with Crippen LogP contribution in [0.3, 0.4) is 0 Å². The molecule has 0 bridgehead atoms. The fourth-order valence-corrected chi connectivity index (χ4v) is 3.70. The number of carboxylic acids is 1. The van der Waals surface area contributed by atoms with Gasteiger partial charge < -0.3 is 19.5 Å². The molecule has 0 amide bonds. The first-order chi connectivity index (χ1) is 15.4. The van der Waals surface area contributed by atoms with Crippen molar-refractivity contribution in [2.24, 2.45) is 0 Å². The number of rotatable bonds is 7. The Balaban J connectivity index is 1.69. The third-order valence-electron chi connectivity index (χ3n) is 5.00. The standard InChI is InChI=1S/C23H17ClF2N2O4/c24-16-2-4-20(32-12-13-1-3-17(25)8-19(13)26)14(7-16)9-28-10-15(11-29)21-18(23(30)31)5-6-27-22(21)28/h1-8,10,29H,9,11-12H2,(H,30,31). The van der Waals surface area contributed by atoms with Crippen molar-refractivity contribution in [2.75, 3.05) is 0 Å². The molecule has 164 valence electrons. The number of aliphatic hydroxyl groups excluding tert-OH is 1. The summed E-state index contributed by atoms with van der Waals surface area (Å²) in [5.41, 5.74) is 1.65. The van der Waals surface area contributed by atoms with Gasteiger partial charge >= 0.3 is 5.97 Å². The third-order valence-corrected chi connectivity index (χ3v) is 5.23. The number of hydrogen-bond donors (Lipinski definition) is 2. The maximum atomic E-state index is 14.0. The predicted molar refractivity (Wildman–Crippen MR) is 114 cm³/mol. The van der Waals surface area contributed by atoms with Gasteiger partial charge in [-0.2, -0.15) is 0 Å². The van der Waals surface area contributed by atoms with E-state index in [1.165, 1.54) is 18.3 Å². The highest BCUT2D eigenvalue weighted by Crippen LogP contribution is 2.29. The molecular formula is C23H17ClF2N2O4. The van der Waals surface area contributed by atoms with E-state index in [9.17, 15) is 23.8 Å². The number of hydrogen-bond acceptors (Lipinski definition) is 4. The van der Waals surface area contributed by atoms with Crippen molar-refractivity contribution < 1.29 is 28.5 Å². The first-order valence-corrected chi connectivity index (χ1v) is 9.91. The van der Waals surface area contributed by atoms with Gasteiger partial charge in [0.2, 0.25) is 0 Å². The highest BCUT2D eigenvalue weighted by atomic mass is 35.5. The number of halogens is 3. The number of benzene rings is 2. The van der Waals surface area contributed by atoms with Gasteiger partial charge in [0.15, 0.2) is 0 Å². The van der Waals surface area contributed by atoms with Gasteiger partial charge in [-0.15, -0.1) is 0 Å². The van der Waals surface area contributed by atoms with E-state index in [1.807, 2.05) is 0 Å². The topological polar surface area (TPSA) is 84.6 Å². The summed E-state index contributed by atoms with van der Waals surface area (Å²) in [6, 6.07) is 9.55. The number of ether oxygens (including phenoxy) is 1. The minimum absolute atomic E-state index is 0.0344. The van der Waals surface area contributed by atoms with E-state index in [-0.39, 0.29) is 30.9 Å². The molecule has 0 unspecified atom stereocenters. The predicted octanol–water partition coefficient (Wildman–Crippen LogP) is 4.79. The second kappa shape index (κ2) is 8.94. The van der Waals surface area contributed by atoms with Crippen LogP contribution in [0.15, 0.2) is 54.9 Å². The largest absolute Gasteiger partial charge is 0.488 e. The molecule has 2 aromatic carbocycles. The van der Waals surface area contributed by atoms with Gasteiger partial charge in [-0.1, -0.05) is 11.6 Å². The van der Waals surface area contributed by atoms with Crippen molar-refractivity contribution >= 4 is 28.6 Å². The highest BCUT2D eigenvalue weighted by Gasteiger charge is 2.18. The molecule has 0 radical (unpaired) electrons. The Kier molecular flexibility index (Phi) is 6.07. The number of aliphatic hydroxyl groups is 1. The van der Waals surface area contributed by atoms with E-state index in [0.29, 0.717) is 32.9 Å². The monoisotopic (exact) mass is 458 g/mol. The van der Waals surface area contributed by atoms with E-state index in [1.54, 1.807) is 29.0 Å². The van der Waals surface area contributed by atoms with Gasteiger partial charge in [0.05, 0.1) is 18.7 Å². The van der Waals surface area contributed by atoms with Crippen LogP contribution >= 0.6 is 11.6 Å². The Morgan fingerprint density at radius 3 is 2.62 bits per heavy atom. The van der Waals surface area contributed by atoms with E-state index in [2.05, 4.69) is 4.98 Å². The van der Waals surface area contributed by atoms with Gasteiger partial charge in [-0.25, -0.2) is 18.6 Å². The van der Waals surface area contributed by atoms with Crippen LogP contribution < -0.4 is 4.74 Å². The van der Waals surface area contributed by atoms with Crippen molar-refractivity contribution in [3.05, 3.63) is 93.8 Å². The number of fused-ring (bicyclic) bond motifs is 1. The quantitative estimate of drug-likeness (QED) is 0.416. The second-order valence-electron chi connectivity index (χ2n) is 7.08. The zero-order chi connectivity index (χ0) is 22.8. The minimum Gasteiger partial charge on any atom is -0.488 e. The van der Waals surface area contributed by atoms with Gasteiger partial charge in [0.1, 0.15) is 29.6 Å². The Hall–Kier alpha value is -3.49. The van der Waals surface area contributed by atoms with E-state index < -0.39 is 17.6 Å². The molecule has 32 heavy (non-hydrogen) atoms. The summed E-state index contributed by atoms with van der Waals surface area (Å²) in [5, 5.41) is 20.0. The number of nitrogens with zero attached hydrogens (tertiary/aromatic N) is 2. The molecule has 0 aliphatic rings. The molecule has 4 aromatic rings. The summed E-state index contributed by atoms with van der Waals surface area (Å²) < 4.78 is 34.6. The van der Waals surface area contributed by atoms with Crippen LogP contribution in [0.5, 0.6) is 5.75 Å². The maximum Gasteiger partial charge on any atom is 0.336 e. The number of aromatic nitrogens is 2. The fraction of sp³-hybridized carbons (Fsp3) is 0.130. The van der Waals surface area contributed by atoms with Gasteiger partial charge in [-0.3, -0.25) is 0 Å². The molecule has 0 saturated heterocycles. The van der Waals surface area contributed by atoms with E-state index in [4.69, 9.17) is 16.3 Å². The van der Waals surface area contributed by atoms with Crippen molar-refractivity contribution in [3.8, 4) is 5.75 Å². The van der Waals surface area contributed by atoms with Crippen molar-refractivity contribution in [1.82, 2.24) is 9.55 Å². The van der Waals surface area contributed by atoms with E-state index in [0.717, 1.165) is 12.1 Å². The molecule has 2 heterocycles. The summed E-state index contributed by atoms with van der Waals surface area (Å²) in [6.45, 7) is -0.289. The first kappa shape index (κ1) is 21.7. The number of carbonyl (C=O) groups is 1. The SMILES string of the molecule is O=C(O)c1ccnc2c1c(CO)cn2Cc1cc(Cl)ccc1OCc1ccc(F)cc1F. The molecule has 0 saturated carbocycles. The second-order valence-corrected chi connectivity index (χ2v) is 7.52. The van der Waals surface area contributed by atoms with Crippen molar-refractivity contribution in [1.29, 1.82) is 0 Å². The summed E-state index contributed by atoms with van der Waals surface area (Å²) in [7, 11) is 0. The number of pyridine rings is 1. The molecule has 0 fully saturated rings. The summed E-state index contributed by atoms with van der Waals surface area (Å²) >= 11 is 6.16. The lowest BCUT2D eigenvalue weighted by atomic mass is 10.1. The van der Waals surface area contributed by atoms with Crippen molar-refractivity contribution in [2.45, 2.75) is 19.8 Å². The smallest absolute Gasteiger partial charge is 0.336 e. The molecule has 0 aliphatic heterocycles. The van der Waals surface area contributed by atoms with Gasteiger partial charge in [0.25, 0.3) is 0 Å². The Morgan fingerprint density at radius 2 is 1.91 bits per heavy atom. The zero-order valence-corrected chi connectivity index (χ0v) is 17.3. The molecule has 4 rings (SSSR count). The lowest BCUT2D eigenvalue weighted by Crippen LogP contribution is -2.05. The van der Waals surface area contributed by atoms with Crippen LogP contribution in [0.25, 0.3) is 11.0 Å². The third kappa shape index (κ3) is 4.28. The zero-order valence-electron chi connectivity index (χ0n) is 16.6. The van der Waals surface area contributed by atoms with Crippen LogP contribution in [-0.2, 0) is 19.8 Å². The molecule has 2 N–H and O–H groups in total. The molecule has 0 aliphatic carbocycles. The van der Waals surface area contributed by atoms with Crippen LogP contribution in [0.1, 0.15) is 27.0 Å². The summed E-state index contributed by atoms with van der Waals surface area (Å²) in [4.78, 5) is 15.9. The molecule has 2 aromatic heterocycles. The lowest BCUT2D eigenvalue weighted by Gasteiger charge is -2.14. The summed E-state index contributed by atoms with van der Waals surface area (Å²) in [5.74, 6) is -2.10. The lowest BCUT2D eigenvalue weighted by molar-refractivity contribution is 0.0699. The van der Waals surface area contributed by atoms with Crippen LogP contribution in [0.4, 0.5) is 8.78 Å². The Bertz CT molecular complexity index is 1320. The van der Waals surface area contributed by atoms with Gasteiger partial charge in [0, 0.05) is 45.6 Å². The normalized spacial score (nSPS) is 11.1. The first-order valence-electron chi connectivity index (χ1n) is 9.53. The fourth-order valence-electron chi connectivity index (χ4n) is 3.51. The molecule has 0 spiro atoms. The molecule has 0 atom stereocenters.